The summed E-state index contributed by atoms with van der Waals surface area (Å²) in [5.41, 5.74) is 0.702. The first kappa shape index (κ1) is 29.1. The topological polar surface area (TPSA) is 166 Å². The Labute approximate surface area is 228 Å². The second-order valence-electron chi connectivity index (χ2n) is 8.63. The van der Waals surface area contributed by atoms with E-state index in [1.54, 1.807) is 31.2 Å². The van der Waals surface area contributed by atoms with Gasteiger partial charge in [-0.2, -0.15) is 0 Å². The number of hydrogen-bond acceptors (Lipinski definition) is 12. The van der Waals surface area contributed by atoms with Crippen molar-refractivity contribution in [1.82, 2.24) is 20.1 Å². The van der Waals surface area contributed by atoms with Gasteiger partial charge in [-0.25, -0.2) is 14.2 Å². The number of nitrogens with one attached hydrogen (secondary N) is 1. The first-order chi connectivity index (χ1) is 18.6. The molecule has 1 N–H and O–H groups in total. The van der Waals surface area contributed by atoms with Gasteiger partial charge < -0.3 is 19.5 Å². The zero-order valence-electron chi connectivity index (χ0n) is 21.4. The standard InChI is InChI=1S/C23H28ClN4O10P/c1-4-25-22(31)21-26-12-28(27-21)23-20(36-14(3)30)19(35-13(2)29)18(37-23)11-34-39(32)33-9-8-17(38-39)15-6-5-7-16(24)10-15/h5-7,10,12,17-20,23H,4,8-9,11H2,1-3H3,(H,25,31)/t17-,18+,19+,20+,23+,39?/m0/s1. The van der Waals surface area contributed by atoms with Crippen molar-refractivity contribution in [3.63, 3.8) is 0 Å². The second-order valence-corrected chi connectivity index (χ2v) is 10.7. The Morgan fingerprint density at radius 3 is 2.64 bits per heavy atom. The SMILES string of the molecule is CCNC(=O)c1ncn([C@@H]2O[C@H](COP3(=O)OCC[C@@H](c4cccc(Cl)c4)O3)[C@@H](OC(C)=O)[C@H]2OC(C)=O)n1. The van der Waals surface area contributed by atoms with E-state index >= 15 is 0 Å². The summed E-state index contributed by atoms with van der Waals surface area (Å²) in [6.45, 7) is 4.11. The van der Waals surface area contributed by atoms with Crippen molar-refractivity contribution in [3.05, 3.63) is 47.0 Å². The smallest absolute Gasteiger partial charge is 0.456 e. The summed E-state index contributed by atoms with van der Waals surface area (Å²) in [5.74, 6) is -2.04. The maximum Gasteiger partial charge on any atom is 0.475 e. The van der Waals surface area contributed by atoms with Gasteiger partial charge in [-0.05, 0) is 24.6 Å². The number of benzene rings is 1. The predicted molar refractivity (Wildman–Crippen MR) is 132 cm³/mol. The minimum Gasteiger partial charge on any atom is -0.456 e. The van der Waals surface area contributed by atoms with Crippen LogP contribution in [0, 0.1) is 0 Å². The number of hydrogen-bond donors (Lipinski definition) is 1. The zero-order chi connectivity index (χ0) is 28.2. The highest BCUT2D eigenvalue weighted by atomic mass is 35.5. The van der Waals surface area contributed by atoms with Crippen LogP contribution in [0.2, 0.25) is 5.02 Å². The minimum atomic E-state index is -4.08. The molecule has 3 heterocycles. The summed E-state index contributed by atoms with van der Waals surface area (Å²) in [7, 11) is -4.08. The van der Waals surface area contributed by atoms with Crippen LogP contribution in [0.3, 0.4) is 0 Å². The molecule has 0 radical (unpaired) electrons. The lowest BCUT2D eigenvalue weighted by molar-refractivity contribution is -0.166. The van der Waals surface area contributed by atoms with Gasteiger partial charge in [0.25, 0.3) is 5.91 Å². The lowest BCUT2D eigenvalue weighted by atomic mass is 10.1. The molecule has 1 amide bonds. The van der Waals surface area contributed by atoms with E-state index < -0.39 is 62.9 Å². The summed E-state index contributed by atoms with van der Waals surface area (Å²) in [6.07, 6.45) is -3.60. The van der Waals surface area contributed by atoms with Crippen molar-refractivity contribution in [3.8, 4) is 0 Å². The van der Waals surface area contributed by atoms with Crippen LogP contribution in [0.1, 0.15) is 55.7 Å². The monoisotopic (exact) mass is 586 g/mol. The van der Waals surface area contributed by atoms with Crippen LogP contribution in [0.5, 0.6) is 0 Å². The predicted octanol–water partition coefficient (Wildman–Crippen LogP) is 2.74. The number of esters is 2. The maximum atomic E-state index is 13.3. The first-order valence-corrected chi connectivity index (χ1v) is 13.9. The molecule has 14 nitrogen and oxygen atoms in total. The molecule has 0 saturated carbocycles. The molecule has 2 aromatic rings. The lowest BCUT2D eigenvalue weighted by Crippen LogP contribution is -2.40. The maximum absolute atomic E-state index is 13.3. The molecule has 0 bridgehead atoms. The quantitative estimate of drug-likeness (QED) is 0.337. The molecule has 0 aliphatic carbocycles. The Morgan fingerprint density at radius 1 is 1.21 bits per heavy atom. The molecule has 2 aliphatic rings. The number of amides is 1. The highest BCUT2D eigenvalue weighted by Gasteiger charge is 2.52. The van der Waals surface area contributed by atoms with Crippen LogP contribution in [-0.2, 0) is 41.9 Å². The number of carbonyl (C=O) groups is 3. The van der Waals surface area contributed by atoms with Crippen molar-refractivity contribution in [2.24, 2.45) is 0 Å². The number of nitrogens with zero attached hydrogens (tertiary/aromatic N) is 3. The molecule has 39 heavy (non-hydrogen) atoms. The molecule has 0 spiro atoms. The van der Waals surface area contributed by atoms with Crippen LogP contribution in [0.15, 0.2) is 30.6 Å². The fourth-order valence-electron chi connectivity index (χ4n) is 4.12. The summed E-state index contributed by atoms with van der Waals surface area (Å²) >= 11 is 6.07. The third-order valence-corrected chi connectivity index (χ3v) is 7.41. The third-order valence-electron chi connectivity index (χ3n) is 5.70. The molecule has 2 aliphatic heterocycles. The van der Waals surface area contributed by atoms with E-state index in [4.69, 9.17) is 39.4 Å². The molecule has 16 heteroatoms. The van der Waals surface area contributed by atoms with Gasteiger partial charge >= 0.3 is 19.8 Å². The molecule has 1 aromatic heterocycles. The summed E-state index contributed by atoms with van der Waals surface area (Å²) in [6, 6.07) is 6.93. The highest BCUT2D eigenvalue weighted by molar-refractivity contribution is 7.48. The number of phosphoric acid groups is 1. The molecule has 2 saturated heterocycles. The molecular formula is C23H28ClN4O10P. The minimum absolute atomic E-state index is 0.0909. The number of aromatic nitrogens is 3. The van der Waals surface area contributed by atoms with Gasteiger partial charge in [0.2, 0.25) is 5.82 Å². The van der Waals surface area contributed by atoms with E-state index in [0.717, 1.165) is 0 Å². The Morgan fingerprint density at radius 2 is 1.95 bits per heavy atom. The van der Waals surface area contributed by atoms with Crippen LogP contribution in [0.25, 0.3) is 0 Å². The van der Waals surface area contributed by atoms with Crippen molar-refractivity contribution < 1.29 is 46.7 Å². The largest absolute Gasteiger partial charge is 0.475 e. The van der Waals surface area contributed by atoms with Crippen molar-refractivity contribution in [1.29, 1.82) is 0 Å². The molecular weight excluding hydrogens is 559 g/mol. The fraction of sp³-hybridized carbons (Fsp3) is 0.522. The van der Waals surface area contributed by atoms with E-state index in [1.165, 1.54) is 24.9 Å². The number of ether oxygens (including phenoxy) is 3. The number of phosphoric ester groups is 1. The van der Waals surface area contributed by atoms with Crippen LogP contribution >= 0.6 is 19.4 Å². The molecule has 2 fully saturated rings. The Hall–Kier alpha value is -2.87. The van der Waals surface area contributed by atoms with Gasteiger partial charge in [-0.15, -0.1) is 5.10 Å². The lowest BCUT2D eigenvalue weighted by Gasteiger charge is -2.30. The van der Waals surface area contributed by atoms with Crippen molar-refractivity contribution in [2.45, 2.75) is 57.8 Å². The van der Waals surface area contributed by atoms with Crippen molar-refractivity contribution >= 4 is 37.3 Å². The average Bonchev–Trinajstić information content (AvgIpc) is 3.48. The van der Waals surface area contributed by atoms with Gasteiger partial charge in [0.05, 0.1) is 19.3 Å². The van der Waals surface area contributed by atoms with Gasteiger partial charge in [-0.3, -0.25) is 28.0 Å². The normalized spacial score (nSPS) is 28.6. The third kappa shape index (κ3) is 7.21. The van der Waals surface area contributed by atoms with Gasteiger partial charge in [0.1, 0.15) is 12.4 Å². The van der Waals surface area contributed by atoms with Crippen LogP contribution < -0.4 is 5.32 Å². The number of halogens is 1. The van der Waals surface area contributed by atoms with Crippen LogP contribution in [0.4, 0.5) is 0 Å². The van der Waals surface area contributed by atoms with Gasteiger partial charge in [-0.1, -0.05) is 23.7 Å². The molecule has 212 valence electrons. The van der Waals surface area contributed by atoms with E-state index in [2.05, 4.69) is 15.4 Å². The summed E-state index contributed by atoms with van der Waals surface area (Å²) in [5, 5.41) is 7.18. The number of carbonyl (C=O) groups excluding carboxylic acids is 3. The zero-order valence-corrected chi connectivity index (χ0v) is 23.0. The van der Waals surface area contributed by atoms with E-state index in [9.17, 15) is 18.9 Å². The summed E-state index contributed by atoms with van der Waals surface area (Å²) < 4.78 is 47.9. The Kier molecular flexibility index (Phi) is 9.36. The van der Waals surface area contributed by atoms with Gasteiger partial charge in [0.15, 0.2) is 18.4 Å². The first-order valence-electron chi connectivity index (χ1n) is 12.1. The van der Waals surface area contributed by atoms with Crippen molar-refractivity contribution in [2.75, 3.05) is 19.8 Å². The molecule has 6 atom stereocenters. The second kappa shape index (κ2) is 12.5. The Bertz CT molecular complexity index is 1260. The van der Waals surface area contributed by atoms with E-state index in [1.807, 2.05) is 0 Å². The van der Waals surface area contributed by atoms with Gasteiger partial charge in [0, 0.05) is 31.8 Å². The van der Waals surface area contributed by atoms with Crippen LogP contribution in [-0.4, -0.2) is 70.7 Å². The Balaban J connectivity index is 1.53. The molecule has 1 unspecified atom stereocenters. The van der Waals surface area contributed by atoms with E-state index in [-0.39, 0.29) is 12.4 Å². The fourth-order valence-corrected chi connectivity index (χ4v) is 5.72. The van der Waals surface area contributed by atoms with E-state index in [0.29, 0.717) is 23.6 Å². The highest BCUT2D eigenvalue weighted by Crippen LogP contribution is 2.57. The summed E-state index contributed by atoms with van der Waals surface area (Å²) in [4.78, 5) is 39.9. The molecule has 4 rings (SSSR count). The number of rotatable bonds is 9. The average molecular weight is 587 g/mol. The molecule has 1 aromatic carbocycles.